The van der Waals surface area contributed by atoms with Gasteiger partial charge in [-0.25, -0.2) is 13.2 Å². The van der Waals surface area contributed by atoms with Gasteiger partial charge in [0.1, 0.15) is 5.54 Å². The summed E-state index contributed by atoms with van der Waals surface area (Å²) in [6.45, 7) is 1.78. The third-order valence-corrected chi connectivity index (χ3v) is 6.52. The molecule has 0 radical (unpaired) electrons. The number of nitrogens with zero attached hydrogens (tertiary/aromatic N) is 2. The van der Waals surface area contributed by atoms with Gasteiger partial charge in [0.25, 0.3) is 5.91 Å². The summed E-state index contributed by atoms with van der Waals surface area (Å²) in [7, 11) is -3.43. The number of carbonyl (C=O) groups is 2. The number of imide groups is 1. The highest BCUT2D eigenvalue weighted by molar-refractivity contribution is 7.90. The minimum Gasteiger partial charge on any atom is -0.449 e. The standard InChI is InChI=1S/C18H22N2O5S2/c1-3-25-17(22)19-15(21)18(10-5-4-6-11-18)20(16(19)26)13-8-7-9-14(12-13)27(2,23)24/h7-9,12H,3-6,10-11H2,1-2H3. The van der Waals surface area contributed by atoms with Crippen LogP contribution in [-0.2, 0) is 19.4 Å². The van der Waals surface area contributed by atoms with Crippen LogP contribution in [0.2, 0.25) is 0 Å². The van der Waals surface area contributed by atoms with Gasteiger partial charge in [-0.3, -0.25) is 4.79 Å². The number of hydrogen-bond acceptors (Lipinski definition) is 6. The Labute approximate surface area is 164 Å². The molecule has 2 aliphatic rings. The van der Waals surface area contributed by atoms with Crippen LogP contribution in [-0.4, -0.2) is 48.8 Å². The monoisotopic (exact) mass is 410 g/mol. The van der Waals surface area contributed by atoms with Gasteiger partial charge >= 0.3 is 6.09 Å². The van der Waals surface area contributed by atoms with Crippen molar-refractivity contribution in [3.8, 4) is 0 Å². The summed E-state index contributed by atoms with van der Waals surface area (Å²) in [5.74, 6) is -0.393. The quantitative estimate of drug-likeness (QED) is 0.709. The zero-order valence-corrected chi connectivity index (χ0v) is 16.9. The Bertz CT molecular complexity index is 891. The Morgan fingerprint density at radius 3 is 2.52 bits per heavy atom. The zero-order chi connectivity index (χ0) is 19.8. The molecule has 146 valence electrons. The number of carbonyl (C=O) groups excluding carboxylic acids is 2. The van der Waals surface area contributed by atoms with Crippen LogP contribution in [0.25, 0.3) is 0 Å². The van der Waals surface area contributed by atoms with E-state index in [2.05, 4.69) is 0 Å². The lowest BCUT2D eigenvalue weighted by molar-refractivity contribution is -0.130. The summed E-state index contributed by atoms with van der Waals surface area (Å²) < 4.78 is 29.0. The highest BCUT2D eigenvalue weighted by atomic mass is 32.2. The topological polar surface area (TPSA) is 84.0 Å². The van der Waals surface area contributed by atoms with Crippen molar-refractivity contribution >= 4 is 44.9 Å². The lowest BCUT2D eigenvalue weighted by Gasteiger charge is -2.39. The van der Waals surface area contributed by atoms with Crippen molar-refractivity contribution in [3.63, 3.8) is 0 Å². The van der Waals surface area contributed by atoms with Crippen LogP contribution in [0.5, 0.6) is 0 Å². The van der Waals surface area contributed by atoms with E-state index < -0.39 is 27.4 Å². The summed E-state index contributed by atoms with van der Waals surface area (Å²) in [5, 5.41) is 0.0333. The smallest absolute Gasteiger partial charge is 0.423 e. The van der Waals surface area contributed by atoms with Crippen molar-refractivity contribution in [3.05, 3.63) is 24.3 Å². The number of anilines is 1. The fourth-order valence-corrected chi connectivity index (χ4v) is 4.91. The van der Waals surface area contributed by atoms with Gasteiger partial charge in [-0.2, -0.15) is 4.90 Å². The molecule has 1 aromatic rings. The Balaban J connectivity index is 2.12. The van der Waals surface area contributed by atoms with E-state index >= 15 is 0 Å². The molecule has 27 heavy (non-hydrogen) atoms. The minimum absolute atomic E-state index is 0.0333. The van der Waals surface area contributed by atoms with Gasteiger partial charge < -0.3 is 9.64 Å². The highest BCUT2D eigenvalue weighted by Crippen LogP contribution is 2.43. The predicted molar refractivity (Wildman–Crippen MR) is 104 cm³/mol. The average Bonchev–Trinajstić information content (AvgIpc) is 2.82. The third kappa shape index (κ3) is 3.34. The Kier molecular flexibility index (Phi) is 5.27. The van der Waals surface area contributed by atoms with Gasteiger partial charge in [0, 0.05) is 11.9 Å². The van der Waals surface area contributed by atoms with Crippen LogP contribution in [0, 0.1) is 0 Å². The summed E-state index contributed by atoms with van der Waals surface area (Å²) in [6.07, 6.45) is 4.08. The van der Waals surface area contributed by atoms with Crippen molar-refractivity contribution in [2.45, 2.75) is 49.5 Å². The van der Waals surface area contributed by atoms with E-state index in [0.29, 0.717) is 18.5 Å². The fourth-order valence-electron chi connectivity index (χ4n) is 3.81. The number of benzene rings is 1. The first kappa shape index (κ1) is 19.8. The highest BCUT2D eigenvalue weighted by Gasteiger charge is 2.58. The molecule has 9 heteroatoms. The van der Waals surface area contributed by atoms with Crippen molar-refractivity contribution in [2.24, 2.45) is 0 Å². The maximum atomic E-state index is 13.3. The molecule has 1 aliphatic heterocycles. The van der Waals surface area contributed by atoms with Crippen LogP contribution in [0.15, 0.2) is 29.2 Å². The third-order valence-electron chi connectivity index (χ3n) is 5.05. The molecule has 0 unspecified atom stereocenters. The summed E-state index contributed by atoms with van der Waals surface area (Å²) in [4.78, 5) is 28.3. The number of thiocarbonyl (C=S) groups is 1. The largest absolute Gasteiger partial charge is 0.449 e. The first-order valence-corrected chi connectivity index (χ1v) is 11.2. The summed E-state index contributed by atoms with van der Waals surface area (Å²) >= 11 is 5.48. The first-order chi connectivity index (χ1) is 12.7. The van der Waals surface area contributed by atoms with Crippen LogP contribution >= 0.6 is 12.2 Å². The number of ether oxygens (including phenoxy) is 1. The maximum Gasteiger partial charge on any atom is 0.423 e. The molecular weight excluding hydrogens is 388 g/mol. The van der Waals surface area contributed by atoms with Gasteiger partial charge in [-0.05, 0) is 50.2 Å². The van der Waals surface area contributed by atoms with Crippen molar-refractivity contribution in [1.29, 1.82) is 0 Å². The second-order valence-corrected chi connectivity index (χ2v) is 9.20. The van der Waals surface area contributed by atoms with Crippen LogP contribution in [0.1, 0.15) is 39.0 Å². The van der Waals surface area contributed by atoms with Gasteiger partial charge in [0.05, 0.1) is 11.5 Å². The predicted octanol–water partition coefficient (Wildman–Crippen LogP) is 2.88. The molecule has 1 saturated heterocycles. The second-order valence-electron chi connectivity index (χ2n) is 6.82. The zero-order valence-electron chi connectivity index (χ0n) is 15.3. The van der Waals surface area contributed by atoms with E-state index in [1.54, 1.807) is 24.0 Å². The normalized spacial score (nSPS) is 19.6. The molecule has 1 aromatic carbocycles. The van der Waals surface area contributed by atoms with Crippen LogP contribution in [0.3, 0.4) is 0 Å². The second kappa shape index (κ2) is 7.20. The first-order valence-electron chi connectivity index (χ1n) is 8.88. The molecule has 1 heterocycles. The van der Waals surface area contributed by atoms with Crippen LogP contribution < -0.4 is 4.90 Å². The number of amides is 2. The Morgan fingerprint density at radius 1 is 1.26 bits per heavy atom. The molecule has 2 amide bonds. The summed E-state index contributed by atoms with van der Waals surface area (Å²) in [5.41, 5.74) is -0.483. The number of sulfone groups is 1. The molecule has 1 spiro atoms. The number of hydrogen-bond donors (Lipinski definition) is 0. The van der Waals surface area contributed by atoms with E-state index in [-0.39, 0.29) is 16.6 Å². The molecule has 0 atom stereocenters. The molecule has 0 N–H and O–H groups in total. The van der Waals surface area contributed by atoms with Gasteiger partial charge in [0.2, 0.25) is 0 Å². The molecular formula is C18H22N2O5S2. The fraction of sp³-hybridized carbons (Fsp3) is 0.500. The number of rotatable bonds is 3. The molecule has 1 aliphatic carbocycles. The van der Waals surface area contributed by atoms with Crippen molar-refractivity contribution < 1.29 is 22.7 Å². The lowest BCUT2D eigenvalue weighted by Crippen LogP contribution is -2.51. The molecule has 7 nitrogen and oxygen atoms in total. The lowest BCUT2D eigenvalue weighted by atomic mass is 9.80. The molecule has 1 saturated carbocycles. The van der Waals surface area contributed by atoms with Gasteiger partial charge in [-0.1, -0.05) is 25.3 Å². The van der Waals surface area contributed by atoms with Gasteiger partial charge in [-0.15, -0.1) is 0 Å². The van der Waals surface area contributed by atoms with E-state index in [4.69, 9.17) is 17.0 Å². The molecule has 3 rings (SSSR count). The molecule has 2 fully saturated rings. The SMILES string of the molecule is CCOC(=O)N1C(=O)C2(CCCCC2)N(c2cccc(S(C)(=O)=O)c2)C1=S. The van der Waals surface area contributed by atoms with E-state index in [1.807, 2.05) is 0 Å². The van der Waals surface area contributed by atoms with Crippen molar-refractivity contribution in [2.75, 3.05) is 17.8 Å². The van der Waals surface area contributed by atoms with E-state index in [0.717, 1.165) is 30.4 Å². The minimum atomic E-state index is -3.43. The van der Waals surface area contributed by atoms with Crippen molar-refractivity contribution in [1.82, 2.24) is 4.90 Å². The molecule has 0 bridgehead atoms. The summed E-state index contributed by atoms with van der Waals surface area (Å²) in [6, 6.07) is 6.32. The maximum absolute atomic E-state index is 13.3. The Hall–Kier alpha value is -2.00. The van der Waals surface area contributed by atoms with Crippen LogP contribution in [0.4, 0.5) is 10.5 Å². The Morgan fingerprint density at radius 2 is 1.93 bits per heavy atom. The van der Waals surface area contributed by atoms with E-state index in [9.17, 15) is 18.0 Å². The van der Waals surface area contributed by atoms with Gasteiger partial charge in [0.15, 0.2) is 14.9 Å². The van der Waals surface area contributed by atoms with E-state index in [1.165, 1.54) is 12.1 Å². The average molecular weight is 411 g/mol. The molecule has 0 aromatic heterocycles.